The van der Waals surface area contributed by atoms with E-state index >= 15 is 0 Å². The van der Waals surface area contributed by atoms with Gasteiger partial charge in [0.2, 0.25) is 0 Å². The van der Waals surface area contributed by atoms with Crippen LogP contribution < -0.4 is 5.32 Å². The predicted octanol–water partition coefficient (Wildman–Crippen LogP) is 2.58. The Labute approximate surface area is 160 Å². The number of terminal acetylenes is 1. The number of hydrogen-bond donors (Lipinski definition) is 1. The highest BCUT2D eigenvalue weighted by atomic mass is 19.1. The summed E-state index contributed by atoms with van der Waals surface area (Å²) >= 11 is 0. The Morgan fingerprint density at radius 2 is 1.86 bits per heavy atom. The topological polar surface area (TPSA) is 73.2 Å². The maximum atomic E-state index is 13.3. The number of nitrogens with one attached hydrogen (secondary N) is 1. The largest absolute Gasteiger partial charge is 0.452 e. The summed E-state index contributed by atoms with van der Waals surface area (Å²) in [5, 5.41) is 6.85. The number of carbonyl (C=O) groups is 2. The first-order valence-corrected chi connectivity index (χ1v) is 8.37. The minimum absolute atomic E-state index is 0.0448. The van der Waals surface area contributed by atoms with Crippen molar-refractivity contribution >= 4 is 11.9 Å². The maximum Gasteiger partial charge on any atom is 0.342 e. The summed E-state index contributed by atoms with van der Waals surface area (Å²) in [4.78, 5) is 24.2. The van der Waals surface area contributed by atoms with Gasteiger partial charge in [0.15, 0.2) is 6.61 Å². The van der Waals surface area contributed by atoms with E-state index in [9.17, 15) is 14.0 Å². The summed E-state index contributed by atoms with van der Waals surface area (Å²) in [6.07, 6.45) is 6.58. The number of para-hydroxylation sites is 1. The standard InChI is InChI=1S/C21H16FN3O3/c1-2-12-23-19(26)14-28-21(27)18-13-25(17-6-4-3-5-7-17)24-20(18)15-8-10-16(22)11-9-15/h1,3-11,13H,12,14H2,(H,23,26). The third-order valence-electron chi connectivity index (χ3n) is 3.79. The van der Waals surface area contributed by atoms with Crippen molar-refractivity contribution in [2.24, 2.45) is 0 Å². The monoisotopic (exact) mass is 377 g/mol. The third-order valence-corrected chi connectivity index (χ3v) is 3.79. The summed E-state index contributed by atoms with van der Waals surface area (Å²) in [5.41, 5.74) is 1.74. The molecule has 3 rings (SSSR count). The van der Waals surface area contributed by atoms with Crippen molar-refractivity contribution in [2.75, 3.05) is 13.2 Å². The smallest absolute Gasteiger partial charge is 0.342 e. The second-order valence-corrected chi connectivity index (χ2v) is 5.74. The fourth-order valence-corrected chi connectivity index (χ4v) is 2.47. The van der Waals surface area contributed by atoms with Gasteiger partial charge in [0, 0.05) is 11.8 Å². The lowest BCUT2D eigenvalue weighted by atomic mass is 10.1. The molecule has 6 nitrogen and oxygen atoms in total. The highest BCUT2D eigenvalue weighted by Crippen LogP contribution is 2.24. The zero-order valence-electron chi connectivity index (χ0n) is 14.8. The number of rotatable bonds is 6. The summed E-state index contributed by atoms with van der Waals surface area (Å²) in [6.45, 7) is -0.428. The second kappa shape index (κ2) is 8.64. The van der Waals surface area contributed by atoms with Gasteiger partial charge in [0.05, 0.1) is 12.2 Å². The molecular weight excluding hydrogens is 361 g/mol. The molecule has 0 bridgehead atoms. The summed E-state index contributed by atoms with van der Waals surface area (Å²) in [5.74, 6) is 0.622. The van der Waals surface area contributed by atoms with Crippen LogP contribution in [-0.4, -0.2) is 34.8 Å². The highest BCUT2D eigenvalue weighted by molar-refractivity contribution is 5.97. The van der Waals surface area contributed by atoms with E-state index in [0.717, 1.165) is 5.69 Å². The minimum atomic E-state index is -0.725. The van der Waals surface area contributed by atoms with Gasteiger partial charge >= 0.3 is 5.97 Å². The minimum Gasteiger partial charge on any atom is -0.452 e. The van der Waals surface area contributed by atoms with E-state index in [1.807, 2.05) is 30.3 Å². The van der Waals surface area contributed by atoms with Crippen LogP contribution in [0.1, 0.15) is 10.4 Å². The molecule has 1 aromatic heterocycles. The van der Waals surface area contributed by atoms with Crippen molar-refractivity contribution < 1.29 is 18.7 Å². The molecular formula is C21H16FN3O3. The average Bonchev–Trinajstić information content (AvgIpc) is 3.17. The zero-order chi connectivity index (χ0) is 19.9. The first kappa shape index (κ1) is 18.9. The molecule has 0 unspecified atom stereocenters. The molecule has 0 saturated heterocycles. The van der Waals surface area contributed by atoms with Gasteiger partial charge in [0.25, 0.3) is 5.91 Å². The predicted molar refractivity (Wildman–Crippen MR) is 101 cm³/mol. The Balaban J connectivity index is 1.90. The number of nitrogens with zero attached hydrogens (tertiary/aromatic N) is 2. The molecule has 1 heterocycles. The second-order valence-electron chi connectivity index (χ2n) is 5.74. The van der Waals surface area contributed by atoms with Crippen LogP contribution in [0.3, 0.4) is 0 Å². The summed E-state index contributed by atoms with van der Waals surface area (Å²) in [7, 11) is 0. The number of benzene rings is 2. The maximum absolute atomic E-state index is 13.3. The zero-order valence-corrected chi connectivity index (χ0v) is 14.8. The summed E-state index contributed by atoms with van der Waals surface area (Å²) in [6, 6.07) is 14.8. The summed E-state index contributed by atoms with van der Waals surface area (Å²) < 4.78 is 19.9. The van der Waals surface area contributed by atoms with Gasteiger partial charge < -0.3 is 10.1 Å². The van der Waals surface area contributed by atoms with Gasteiger partial charge in [-0.1, -0.05) is 24.1 Å². The molecule has 0 aliphatic heterocycles. The van der Waals surface area contributed by atoms with Crippen molar-refractivity contribution in [3.8, 4) is 29.3 Å². The van der Waals surface area contributed by atoms with Crippen molar-refractivity contribution in [1.82, 2.24) is 15.1 Å². The molecule has 0 saturated carbocycles. The Morgan fingerprint density at radius 1 is 1.14 bits per heavy atom. The quantitative estimate of drug-likeness (QED) is 0.529. The fraction of sp³-hybridized carbons (Fsp3) is 0.0952. The number of esters is 1. The highest BCUT2D eigenvalue weighted by Gasteiger charge is 2.21. The van der Waals surface area contributed by atoms with Crippen molar-refractivity contribution in [3.05, 3.63) is 72.2 Å². The lowest BCUT2D eigenvalue weighted by Gasteiger charge is -2.05. The van der Waals surface area contributed by atoms with E-state index in [4.69, 9.17) is 11.2 Å². The lowest BCUT2D eigenvalue weighted by molar-refractivity contribution is -0.123. The molecule has 2 aromatic carbocycles. The molecule has 0 atom stereocenters. The van der Waals surface area contributed by atoms with Crippen molar-refractivity contribution in [3.63, 3.8) is 0 Å². The van der Waals surface area contributed by atoms with E-state index in [2.05, 4.69) is 16.3 Å². The molecule has 7 heteroatoms. The van der Waals surface area contributed by atoms with E-state index in [1.165, 1.54) is 35.1 Å². The van der Waals surface area contributed by atoms with E-state index in [1.54, 1.807) is 0 Å². The molecule has 1 N–H and O–H groups in total. The van der Waals surface area contributed by atoms with Crippen LogP contribution in [0.5, 0.6) is 0 Å². The molecule has 140 valence electrons. The van der Waals surface area contributed by atoms with Crippen molar-refractivity contribution in [2.45, 2.75) is 0 Å². The average molecular weight is 377 g/mol. The Morgan fingerprint density at radius 3 is 2.54 bits per heavy atom. The molecule has 3 aromatic rings. The lowest BCUT2D eigenvalue weighted by Crippen LogP contribution is -2.29. The number of amides is 1. The first-order valence-electron chi connectivity index (χ1n) is 8.37. The van der Waals surface area contributed by atoms with Crippen molar-refractivity contribution in [1.29, 1.82) is 0 Å². The van der Waals surface area contributed by atoms with Crippen LogP contribution in [0.25, 0.3) is 16.9 Å². The number of halogens is 1. The molecule has 0 aliphatic carbocycles. The number of hydrogen-bond acceptors (Lipinski definition) is 4. The molecule has 0 fully saturated rings. The number of carbonyl (C=O) groups excluding carboxylic acids is 2. The molecule has 28 heavy (non-hydrogen) atoms. The first-order chi connectivity index (χ1) is 13.6. The van der Waals surface area contributed by atoms with Gasteiger partial charge in [-0.2, -0.15) is 5.10 Å². The van der Waals surface area contributed by atoms with Crippen LogP contribution in [-0.2, 0) is 9.53 Å². The van der Waals surface area contributed by atoms with E-state index < -0.39 is 24.3 Å². The Hall–Kier alpha value is -3.92. The fourth-order valence-electron chi connectivity index (χ4n) is 2.47. The molecule has 0 radical (unpaired) electrons. The molecule has 1 amide bonds. The van der Waals surface area contributed by atoms with E-state index in [0.29, 0.717) is 11.3 Å². The van der Waals surface area contributed by atoms with E-state index in [-0.39, 0.29) is 12.1 Å². The Bertz CT molecular complexity index is 1020. The Kier molecular flexibility index (Phi) is 5.82. The molecule has 0 aliphatic rings. The third kappa shape index (κ3) is 4.43. The van der Waals surface area contributed by atoms with Crippen LogP contribution >= 0.6 is 0 Å². The van der Waals surface area contributed by atoms with Gasteiger partial charge in [-0.3, -0.25) is 4.79 Å². The van der Waals surface area contributed by atoms with Crippen LogP contribution in [0, 0.1) is 18.2 Å². The van der Waals surface area contributed by atoms with Gasteiger partial charge in [-0.05, 0) is 36.4 Å². The number of aromatic nitrogens is 2. The van der Waals surface area contributed by atoms with Crippen LogP contribution in [0.2, 0.25) is 0 Å². The number of ether oxygens (including phenoxy) is 1. The SMILES string of the molecule is C#CCNC(=O)COC(=O)c1cn(-c2ccccc2)nc1-c1ccc(F)cc1. The normalized spacial score (nSPS) is 10.1. The van der Waals surface area contributed by atoms with Gasteiger partial charge in [-0.25, -0.2) is 13.9 Å². The van der Waals surface area contributed by atoms with Crippen LogP contribution in [0.15, 0.2) is 60.8 Å². The van der Waals surface area contributed by atoms with Gasteiger partial charge in [0.1, 0.15) is 17.1 Å². The van der Waals surface area contributed by atoms with Gasteiger partial charge in [-0.15, -0.1) is 6.42 Å². The van der Waals surface area contributed by atoms with Crippen LogP contribution in [0.4, 0.5) is 4.39 Å². The molecule has 0 spiro atoms.